The summed E-state index contributed by atoms with van der Waals surface area (Å²) in [4.78, 5) is 10.0. The molecule has 0 aliphatic heterocycles. The molecule has 0 fully saturated rings. The maximum atomic E-state index is 10.0. The summed E-state index contributed by atoms with van der Waals surface area (Å²) in [6.45, 7) is 5.42. The second kappa shape index (κ2) is 2.82. The quantitative estimate of drug-likeness (QED) is 0.550. The van der Waals surface area contributed by atoms with Gasteiger partial charge in [0, 0.05) is 0 Å². The Hall–Kier alpha value is -0.570. The third-order valence-electron chi connectivity index (χ3n) is 0.636. The summed E-state index contributed by atoms with van der Waals surface area (Å²) in [5.41, 5.74) is 6.18. The van der Waals surface area contributed by atoms with Gasteiger partial charge < -0.3 is 4.74 Å². The standard InChI is InChI=1S/C6H12NO2/c1-6(2,3)9-4-5(7)8/h7H,4H2,1-3H3. The number of carbonyl (C=O) groups excluding carboxylic acids is 1. The van der Waals surface area contributed by atoms with Crippen molar-refractivity contribution in [2.24, 2.45) is 0 Å². The average molecular weight is 130 g/mol. The van der Waals surface area contributed by atoms with Gasteiger partial charge in [-0.3, -0.25) is 10.5 Å². The van der Waals surface area contributed by atoms with Crippen LogP contribution in [0.4, 0.5) is 0 Å². The molecule has 0 heterocycles. The molecule has 0 aliphatic rings. The molecule has 0 saturated carbocycles. The highest BCUT2D eigenvalue weighted by Crippen LogP contribution is 2.04. The summed E-state index contributed by atoms with van der Waals surface area (Å²) in [7, 11) is 0. The summed E-state index contributed by atoms with van der Waals surface area (Å²) in [6.07, 6.45) is 0. The first kappa shape index (κ1) is 8.43. The topological polar surface area (TPSA) is 50.1 Å². The van der Waals surface area contributed by atoms with Gasteiger partial charge in [-0.2, -0.15) is 0 Å². The molecule has 0 aromatic carbocycles. The minimum Gasteiger partial charge on any atom is -0.366 e. The number of hydrogen-bond donors (Lipinski definition) is 0. The first-order valence-corrected chi connectivity index (χ1v) is 2.80. The Balaban J connectivity index is 3.39. The van der Waals surface area contributed by atoms with Gasteiger partial charge in [-0.25, -0.2) is 0 Å². The van der Waals surface area contributed by atoms with Crippen LogP contribution in [0.25, 0.3) is 0 Å². The van der Waals surface area contributed by atoms with Crippen LogP contribution in [0.1, 0.15) is 20.8 Å². The van der Waals surface area contributed by atoms with Crippen molar-refractivity contribution >= 4 is 5.91 Å². The smallest absolute Gasteiger partial charge is 0.264 e. The van der Waals surface area contributed by atoms with E-state index in [1.165, 1.54) is 0 Å². The lowest BCUT2D eigenvalue weighted by Gasteiger charge is -2.17. The Bertz CT molecular complexity index is 104. The number of rotatable bonds is 2. The largest absolute Gasteiger partial charge is 0.366 e. The van der Waals surface area contributed by atoms with Crippen molar-refractivity contribution in [1.29, 1.82) is 0 Å². The van der Waals surface area contributed by atoms with Crippen molar-refractivity contribution < 1.29 is 9.53 Å². The van der Waals surface area contributed by atoms with Gasteiger partial charge in [-0.1, -0.05) is 0 Å². The zero-order chi connectivity index (χ0) is 7.49. The third kappa shape index (κ3) is 7.43. The van der Waals surface area contributed by atoms with Crippen LogP contribution < -0.4 is 5.73 Å². The van der Waals surface area contributed by atoms with E-state index >= 15 is 0 Å². The molecular formula is C6H12NO2. The molecule has 1 amide bonds. The first-order chi connectivity index (χ1) is 3.92. The van der Waals surface area contributed by atoms with Crippen molar-refractivity contribution in [3.63, 3.8) is 0 Å². The molecule has 3 heteroatoms. The van der Waals surface area contributed by atoms with Crippen LogP contribution in [-0.2, 0) is 9.53 Å². The summed E-state index contributed by atoms with van der Waals surface area (Å²) >= 11 is 0. The summed E-state index contributed by atoms with van der Waals surface area (Å²) in [5, 5.41) is 0. The second-order valence-electron chi connectivity index (χ2n) is 2.82. The molecule has 0 spiro atoms. The van der Waals surface area contributed by atoms with Gasteiger partial charge in [0.05, 0.1) is 5.60 Å². The van der Waals surface area contributed by atoms with Gasteiger partial charge in [0.15, 0.2) is 0 Å². The molecule has 3 nitrogen and oxygen atoms in total. The molecule has 0 saturated heterocycles. The Morgan fingerprint density at radius 3 is 2.11 bits per heavy atom. The molecular weight excluding hydrogens is 118 g/mol. The van der Waals surface area contributed by atoms with Crippen molar-refractivity contribution in [1.82, 2.24) is 5.73 Å². The van der Waals surface area contributed by atoms with Crippen molar-refractivity contribution in [2.75, 3.05) is 6.61 Å². The van der Waals surface area contributed by atoms with Gasteiger partial charge in [-0.15, -0.1) is 0 Å². The van der Waals surface area contributed by atoms with E-state index < -0.39 is 5.91 Å². The summed E-state index contributed by atoms with van der Waals surface area (Å²) in [5.74, 6) is -0.676. The Labute approximate surface area is 55.2 Å². The zero-order valence-electron chi connectivity index (χ0n) is 6.02. The first-order valence-electron chi connectivity index (χ1n) is 2.80. The average Bonchev–Trinajstić information content (AvgIpc) is 1.59. The molecule has 0 rings (SSSR count). The van der Waals surface area contributed by atoms with E-state index in [-0.39, 0.29) is 12.2 Å². The lowest BCUT2D eigenvalue weighted by atomic mass is 10.2. The molecule has 0 aromatic rings. The Kier molecular flexibility index (Phi) is 2.65. The van der Waals surface area contributed by atoms with Crippen LogP contribution in [0, 0.1) is 0 Å². The van der Waals surface area contributed by atoms with E-state index in [1.54, 1.807) is 0 Å². The fraction of sp³-hybridized carbons (Fsp3) is 0.833. The van der Waals surface area contributed by atoms with Gasteiger partial charge >= 0.3 is 0 Å². The van der Waals surface area contributed by atoms with Gasteiger partial charge in [0.25, 0.3) is 5.91 Å². The molecule has 1 N–H and O–H groups in total. The third-order valence-corrected chi connectivity index (χ3v) is 0.636. The highest BCUT2D eigenvalue weighted by Gasteiger charge is 2.10. The lowest BCUT2D eigenvalue weighted by Crippen LogP contribution is -2.23. The van der Waals surface area contributed by atoms with Crippen molar-refractivity contribution in [3.05, 3.63) is 0 Å². The molecule has 0 unspecified atom stereocenters. The predicted molar refractivity (Wildman–Crippen MR) is 33.8 cm³/mol. The van der Waals surface area contributed by atoms with E-state index in [2.05, 4.69) is 0 Å². The highest BCUT2D eigenvalue weighted by molar-refractivity contribution is 5.74. The minimum atomic E-state index is -0.676. The molecule has 0 aromatic heterocycles. The normalized spacial score (nSPS) is 11.4. The molecule has 0 aliphatic carbocycles. The van der Waals surface area contributed by atoms with E-state index in [1.807, 2.05) is 20.8 Å². The minimum absolute atomic E-state index is 0.108. The van der Waals surface area contributed by atoms with Crippen LogP contribution in [-0.4, -0.2) is 18.1 Å². The lowest BCUT2D eigenvalue weighted by molar-refractivity contribution is -0.127. The summed E-state index contributed by atoms with van der Waals surface area (Å²) in [6, 6.07) is 0. The van der Waals surface area contributed by atoms with Crippen LogP contribution in [0.5, 0.6) is 0 Å². The van der Waals surface area contributed by atoms with E-state index in [0.29, 0.717) is 0 Å². The number of nitrogens with one attached hydrogen (secondary N) is 1. The maximum absolute atomic E-state index is 10.0. The predicted octanol–water partition coefficient (Wildman–Crippen LogP) is 0.611. The number of ether oxygens (including phenoxy) is 1. The molecule has 1 radical (unpaired) electrons. The monoisotopic (exact) mass is 130 g/mol. The highest BCUT2D eigenvalue weighted by atomic mass is 16.5. The van der Waals surface area contributed by atoms with Crippen LogP contribution in [0.15, 0.2) is 0 Å². The molecule has 0 atom stereocenters. The van der Waals surface area contributed by atoms with Gasteiger partial charge in [-0.05, 0) is 20.8 Å². The summed E-state index contributed by atoms with van der Waals surface area (Å²) < 4.78 is 4.95. The fourth-order valence-electron chi connectivity index (χ4n) is 0.282. The van der Waals surface area contributed by atoms with Crippen molar-refractivity contribution in [3.8, 4) is 0 Å². The fourth-order valence-corrected chi connectivity index (χ4v) is 0.282. The SMILES string of the molecule is CC(C)(C)OCC([NH])=O. The molecule has 9 heavy (non-hydrogen) atoms. The van der Waals surface area contributed by atoms with Crippen LogP contribution in [0.3, 0.4) is 0 Å². The number of hydrogen-bond acceptors (Lipinski definition) is 2. The molecule has 0 bridgehead atoms. The van der Waals surface area contributed by atoms with Gasteiger partial charge in [0.2, 0.25) is 0 Å². The number of carbonyl (C=O) groups is 1. The van der Waals surface area contributed by atoms with Gasteiger partial charge in [0.1, 0.15) is 6.61 Å². The second-order valence-corrected chi connectivity index (χ2v) is 2.82. The van der Waals surface area contributed by atoms with E-state index in [4.69, 9.17) is 10.5 Å². The Morgan fingerprint density at radius 1 is 1.56 bits per heavy atom. The Morgan fingerprint density at radius 2 is 2.00 bits per heavy atom. The molecule has 53 valence electrons. The van der Waals surface area contributed by atoms with Crippen LogP contribution in [0.2, 0.25) is 0 Å². The zero-order valence-corrected chi connectivity index (χ0v) is 6.02. The van der Waals surface area contributed by atoms with Crippen LogP contribution >= 0.6 is 0 Å². The van der Waals surface area contributed by atoms with E-state index in [9.17, 15) is 4.79 Å². The maximum Gasteiger partial charge on any atom is 0.264 e. The number of amides is 1. The van der Waals surface area contributed by atoms with Crippen molar-refractivity contribution in [2.45, 2.75) is 26.4 Å². The van der Waals surface area contributed by atoms with E-state index in [0.717, 1.165) is 0 Å².